The molecule has 1 unspecified atom stereocenters. The van der Waals surface area contributed by atoms with Crippen molar-refractivity contribution in [2.24, 2.45) is 0 Å². The quantitative estimate of drug-likeness (QED) is 0.369. The molecule has 2 amide bonds. The first-order valence-corrected chi connectivity index (χ1v) is 11.5. The smallest absolute Gasteiger partial charge is 0.322 e. The second-order valence-electron chi connectivity index (χ2n) is 8.62. The summed E-state index contributed by atoms with van der Waals surface area (Å²) in [7, 11) is 1.60. The number of halogens is 1. The van der Waals surface area contributed by atoms with Gasteiger partial charge in [-0.25, -0.2) is 9.18 Å². The molecule has 1 aliphatic heterocycles. The van der Waals surface area contributed by atoms with Crippen molar-refractivity contribution in [2.75, 3.05) is 7.11 Å². The lowest BCUT2D eigenvalue weighted by Crippen LogP contribution is -2.45. The number of hydrogen-bond acceptors (Lipinski definition) is 5. The van der Waals surface area contributed by atoms with Gasteiger partial charge >= 0.3 is 6.03 Å². The number of carbonyl (C=O) groups excluding carboxylic acids is 1. The number of urea groups is 1. The van der Waals surface area contributed by atoms with Crippen LogP contribution in [-0.4, -0.2) is 28.2 Å². The number of rotatable bonds is 6. The van der Waals surface area contributed by atoms with Crippen LogP contribution >= 0.6 is 0 Å². The molecule has 7 nitrogen and oxygen atoms in total. The average molecular weight is 485 g/mol. The summed E-state index contributed by atoms with van der Waals surface area (Å²) in [5.41, 5.74) is 4.68. The zero-order valence-corrected chi connectivity index (χ0v) is 20.2. The van der Waals surface area contributed by atoms with Gasteiger partial charge in [0.25, 0.3) is 5.89 Å². The average Bonchev–Trinajstić information content (AvgIpc) is 3.37. The van der Waals surface area contributed by atoms with E-state index in [-0.39, 0.29) is 30.1 Å². The molecule has 182 valence electrons. The SMILES string of the molecule is COc1ccccc1CN1C(=O)NC(c2ccc(C)cc2)C(c2nc(-c3cccc(F)c3)no2)=C1C. The van der Waals surface area contributed by atoms with E-state index in [0.717, 1.165) is 16.7 Å². The molecule has 0 spiro atoms. The molecule has 36 heavy (non-hydrogen) atoms. The molecule has 0 fully saturated rings. The van der Waals surface area contributed by atoms with Crippen LogP contribution in [0.1, 0.15) is 35.5 Å². The molecule has 4 aromatic rings. The lowest BCUT2D eigenvalue weighted by atomic mass is 9.94. The molecule has 8 heteroatoms. The monoisotopic (exact) mass is 484 g/mol. The number of benzene rings is 3. The Bertz CT molecular complexity index is 1450. The molecule has 1 aliphatic rings. The number of amides is 2. The van der Waals surface area contributed by atoms with E-state index < -0.39 is 6.04 Å². The molecular formula is C28H25FN4O3. The summed E-state index contributed by atoms with van der Waals surface area (Å²) < 4.78 is 25.0. The third-order valence-corrected chi connectivity index (χ3v) is 6.27. The van der Waals surface area contributed by atoms with Crippen molar-refractivity contribution in [3.05, 3.63) is 107 Å². The summed E-state index contributed by atoms with van der Waals surface area (Å²) >= 11 is 0. The van der Waals surface area contributed by atoms with Gasteiger partial charge in [0.15, 0.2) is 0 Å². The Labute approximate surface area is 208 Å². The minimum Gasteiger partial charge on any atom is -0.496 e. The van der Waals surface area contributed by atoms with Crippen LogP contribution in [-0.2, 0) is 6.54 Å². The summed E-state index contributed by atoms with van der Waals surface area (Å²) in [6.07, 6.45) is 0. The van der Waals surface area contributed by atoms with E-state index in [0.29, 0.717) is 22.6 Å². The number of nitrogens with one attached hydrogen (secondary N) is 1. The predicted octanol–water partition coefficient (Wildman–Crippen LogP) is 5.89. The van der Waals surface area contributed by atoms with Gasteiger partial charge in [-0.15, -0.1) is 0 Å². The van der Waals surface area contributed by atoms with Crippen molar-refractivity contribution in [1.82, 2.24) is 20.4 Å². The number of para-hydroxylation sites is 1. The fourth-order valence-corrected chi connectivity index (χ4v) is 4.34. The highest BCUT2D eigenvalue weighted by atomic mass is 19.1. The largest absolute Gasteiger partial charge is 0.496 e. The van der Waals surface area contributed by atoms with Gasteiger partial charge in [0.2, 0.25) is 5.82 Å². The number of nitrogens with zero attached hydrogens (tertiary/aromatic N) is 3. The fraction of sp³-hybridized carbons (Fsp3) is 0.179. The summed E-state index contributed by atoms with van der Waals surface area (Å²) in [5, 5.41) is 7.19. The van der Waals surface area contributed by atoms with E-state index in [1.165, 1.54) is 12.1 Å². The van der Waals surface area contributed by atoms with Gasteiger partial charge in [-0.05, 0) is 37.6 Å². The summed E-state index contributed by atoms with van der Waals surface area (Å²) in [5.74, 6) is 0.814. The molecule has 0 aliphatic carbocycles. The Morgan fingerprint density at radius 3 is 2.58 bits per heavy atom. The van der Waals surface area contributed by atoms with Gasteiger partial charge in [-0.2, -0.15) is 4.98 Å². The van der Waals surface area contributed by atoms with E-state index in [2.05, 4.69) is 15.5 Å². The molecule has 0 radical (unpaired) electrons. The molecule has 5 rings (SSSR count). The summed E-state index contributed by atoms with van der Waals surface area (Å²) in [6, 6.07) is 20.7. The fourth-order valence-electron chi connectivity index (χ4n) is 4.34. The van der Waals surface area contributed by atoms with E-state index in [1.54, 1.807) is 24.1 Å². The first kappa shape index (κ1) is 23.3. The maximum atomic E-state index is 13.8. The van der Waals surface area contributed by atoms with Crippen LogP contribution in [0.2, 0.25) is 0 Å². The molecule has 1 aromatic heterocycles. The van der Waals surface area contributed by atoms with Crippen LogP contribution in [0.5, 0.6) is 5.75 Å². The summed E-state index contributed by atoms with van der Waals surface area (Å²) in [6.45, 7) is 4.15. The lowest BCUT2D eigenvalue weighted by molar-refractivity contribution is 0.202. The maximum Gasteiger partial charge on any atom is 0.322 e. The van der Waals surface area contributed by atoms with Crippen molar-refractivity contribution in [3.63, 3.8) is 0 Å². The highest BCUT2D eigenvalue weighted by Crippen LogP contribution is 2.38. The van der Waals surface area contributed by atoms with E-state index in [9.17, 15) is 9.18 Å². The minimum atomic E-state index is -0.507. The van der Waals surface area contributed by atoms with Crippen molar-refractivity contribution in [3.8, 4) is 17.1 Å². The molecule has 1 atom stereocenters. The van der Waals surface area contributed by atoms with Crippen LogP contribution in [0.4, 0.5) is 9.18 Å². The second kappa shape index (κ2) is 9.65. The maximum absolute atomic E-state index is 13.8. The van der Waals surface area contributed by atoms with Gasteiger partial charge < -0.3 is 14.6 Å². The standard InChI is InChI=1S/C28H25FN4O3/c1-17-11-13-19(14-12-17)25-24(27-31-26(32-36-27)20-8-6-9-22(29)15-20)18(2)33(28(34)30-25)16-21-7-4-5-10-23(21)35-3/h4-15,25H,16H2,1-3H3,(H,30,34). The molecule has 3 aromatic carbocycles. The van der Waals surface area contributed by atoms with Gasteiger partial charge in [0.1, 0.15) is 11.6 Å². The molecule has 0 saturated heterocycles. The zero-order chi connectivity index (χ0) is 25.2. The van der Waals surface area contributed by atoms with Gasteiger partial charge in [-0.3, -0.25) is 4.90 Å². The molecule has 0 saturated carbocycles. The van der Waals surface area contributed by atoms with E-state index in [1.807, 2.05) is 62.4 Å². The Morgan fingerprint density at radius 2 is 1.83 bits per heavy atom. The van der Waals surface area contributed by atoms with E-state index >= 15 is 0 Å². The molecule has 1 N–H and O–H groups in total. The lowest BCUT2D eigenvalue weighted by Gasteiger charge is -2.35. The normalized spacial score (nSPS) is 15.7. The molecular weight excluding hydrogens is 459 g/mol. The number of methoxy groups -OCH3 is 1. The Morgan fingerprint density at radius 1 is 1.06 bits per heavy atom. The number of ether oxygens (including phenoxy) is 1. The van der Waals surface area contributed by atoms with Crippen LogP contribution in [0.25, 0.3) is 17.0 Å². The Hall–Kier alpha value is -4.46. The number of allylic oxidation sites excluding steroid dienone is 1. The Kier molecular flexibility index (Phi) is 6.25. The highest BCUT2D eigenvalue weighted by molar-refractivity contribution is 5.87. The number of carbonyl (C=O) groups is 1. The number of hydrogen-bond donors (Lipinski definition) is 1. The Balaban J connectivity index is 1.61. The van der Waals surface area contributed by atoms with Gasteiger partial charge in [0, 0.05) is 16.8 Å². The topological polar surface area (TPSA) is 80.5 Å². The predicted molar refractivity (Wildman–Crippen MR) is 133 cm³/mol. The van der Waals surface area contributed by atoms with Crippen LogP contribution in [0, 0.1) is 12.7 Å². The molecule has 2 heterocycles. The van der Waals surface area contributed by atoms with Crippen molar-refractivity contribution >= 4 is 11.6 Å². The highest BCUT2D eigenvalue weighted by Gasteiger charge is 2.36. The second-order valence-corrected chi connectivity index (χ2v) is 8.62. The third-order valence-electron chi connectivity index (χ3n) is 6.27. The number of aromatic nitrogens is 2. The van der Waals surface area contributed by atoms with Gasteiger partial charge in [-0.1, -0.05) is 65.3 Å². The zero-order valence-electron chi connectivity index (χ0n) is 20.2. The van der Waals surface area contributed by atoms with Gasteiger partial charge in [0.05, 0.1) is 25.3 Å². The van der Waals surface area contributed by atoms with Crippen LogP contribution in [0.15, 0.2) is 83.0 Å². The van der Waals surface area contributed by atoms with Crippen molar-refractivity contribution < 1.29 is 18.4 Å². The molecule has 0 bridgehead atoms. The number of aryl methyl sites for hydroxylation is 1. The van der Waals surface area contributed by atoms with Crippen LogP contribution < -0.4 is 10.1 Å². The van der Waals surface area contributed by atoms with Crippen LogP contribution in [0.3, 0.4) is 0 Å². The third kappa shape index (κ3) is 4.45. The minimum absolute atomic E-state index is 0.252. The first-order valence-electron chi connectivity index (χ1n) is 11.5. The first-order chi connectivity index (χ1) is 17.4. The van der Waals surface area contributed by atoms with E-state index in [4.69, 9.17) is 9.26 Å². The van der Waals surface area contributed by atoms with Crippen molar-refractivity contribution in [1.29, 1.82) is 0 Å². The summed E-state index contributed by atoms with van der Waals surface area (Å²) in [4.78, 5) is 19.5. The van der Waals surface area contributed by atoms with Crippen molar-refractivity contribution in [2.45, 2.75) is 26.4 Å².